The van der Waals surface area contributed by atoms with Gasteiger partial charge in [0, 0.05) is 70.3 Å². The van der Waals surface area contributed by atoms with Crippen LogP contribution in [0.4, 0.5) is 0 Å². The highest BCUT2D eigenvalue weighted by Gasteiger charge is 2.51. The summed E-state index contributed by atoms with van der Waals surface area (Å²) in [4.78, 5) is 33.4. The van der Waals surface area contributed by atoms with Crippen LogP contribution in [-0.2, 0) is 28.9 Å². The van der Waals surface area contributed by atoms with Crippen molar-refractivity contribution in [3.05, 3.63) is 27.4 Å². The maximum absolute atomic E-state index is 13.9. The summed E-state index contributed by atoms with van der Waals surface area (Å²) >= 11 is 10.6. The highest BCUT2D eigenvalue weighted by molar-refractivity contribution is 8.00. The number of thioether (sulfide) groups is 2. The van der Waals surface area contributed by atoms with Crippen LogP contribution in [0.2, 0.25) is 0 Å². The first kappa shape index (κ1) is 31.8. The van der Waals surface area contributed by atoms with Crippen LogP contribution in [0, 0.1) is 24.7 Å². The largest absolute Gasteiger partial charge is 0.481 e. The molecule has 44 heavy (non-hydrogen) atoms. The first-order valence-electron chi connectivity index (χ1n) is 16.8. The summed E-state index contributed by atoms with van der Waals surface area (Å²) in [5.41, 5.74) is 2.02. The third-order valence-corrected chi connectivity index (χ3v) is 14.7. The van der Waals surface area contributed by atoms with Crippen LogP contribution < -0.4 is 16.2 Å². The van der Waals surface area contributed by atoms with Gasteiger partial charge in [0.15, 0.2) is 0 Å². The Morgan fingerprint density at radius 1 is 1.18 bits per heavy atom. The Kier molecular flexibility index (Phi) is 9.64. The highest BCUT2D eigenvalue weighted by Crippen LogP contribution is 2.48. The van der Waals surface area contributed by atoms with E-state index < -0.39 is 5.97 Å². The molecule has 0 spiro atoms. The van der Waals surface area contributed by atoms with Crippen LogP contribution in [0.25, 0.3) is 0 Å². The number of carbonyl (C=O) groups is 1. The SMILES string of the molecule is Cc1nc2c(c(=O)n1CCOC1CCC(Cl)CC1C1CC(C)NC3C(C(=O)O)CSC13)CC(N1CCC3NCSC3C1)CC2. The molecule has 5 fully saturated rings. The standard InChI is InChI=1S/C32H48ClN5O4S2/c1-17-11-22(30-29(35-17)24(15-43-30)32(40)41)21-12-19(33)3-6-27(21)42-10-9-38-18(2)36-25-5-4-20(13-23(25)31(38)39)37-8-7-26-28(14-37)44-16-34-26/h17,19-22,24,26-30,34-35H,3-16H2,1-2H3,(H,40,41). The molecular weight excluding hydrogens is 618 g/mol. The number of halogens is 1. The fourth-order valence-corrected chi connectivity index (χ4v) is 12.7. The Hall–Kier alpha value is -0.820. The first-order chi connectivity index (χ1) is 21.3. The van der Waals surface area contributed by atoms with E-state index in [1.54, 1.807) is 0 Å². The molecule has 244 valence electrons. The fourth-order valence-electron chi connectivity index (χ4n) is 9.23. The van der Waals surface area contributed by atoms with Crippen LogP contribution in [0.3, 0.4) is 0 Å². The summed E-state index contributed by atoms with van der Waals surface area (Å²) in [6.45, 7) is 7.33. The molecular formula is C32H48ClN5O4S2. The Labute approximate surface area is 274 Å². The van der Waals surface area contributed by atoms with Crippen LogP contribution in [0.5, 0.6) is 0 Å². The number of hydrogen-bond acceptors (Lipinski definition) is 9. The summed E-state index contributed by atoms with van der Waals surface area (Å²) in [7, 11) is 0. The van der Waals surface area contributed by atoms with Gasteiger partial charge in [-0.2, -0.15) is 11.8 Å². The minimum Gasteiger partial charge on any atom is -0.481 e. The topological polar surface area (TPSA) is 109 Å². The van der Waals surface area contributed by atoms with Gasteiger partial charge in [0.25, 0.3) is 5.56 Å². The third kappa shape index (κ3) is 6.24. The van der Waals surface area contributed by atoms with Crippen molar-refractivity contribution in [1.29, 1.82) is 0 Å². The molecule has 2 aliphatic carbocycles. The molecule has 3 N–H and O–H groups in total. The van der Waals surface area contributed by atoms with Crippen LogP contribution in [0.1, 0.15) is 62.5 Å². The number of nitrogens with one attached hydrogen (secondary N) is 2. The molecule has 0 bridgehead atoms. The quantitative estimate of drug-likeness (QED) is 0.376. The highest BCUT2D eigenvalue weighted by atomic mass is 35.5. The number of ether oxygens (including phenoxy) is 1. The maximum Gasteiger partial charge on any atom is 0.308 e. The molecule has 4 aliphatic heterocycles. The predicted octanol–water partition coefficient (Wildman–Crippen LogP) is 3.12. The Balaban J connectivity index is 1.02. The lowest BCUT2D eigenvalue weighted by atomic mass is 9.70. The second kappa shape index (κ2) is 13.4. The molecule has 5 heterocycles. The number of fused-ring (bicyclic) bond motifs is 3. The average Bonchev–Trinajstić information content (AvgIpc) is 3.66. The predicted molar refractivity (Wildman–Crippen MR) is 177 cm³/mol. The summed E-state index contributed by atoms with van der Waals surface area (Å²) in [6, 6.07) is 1.33. The van der Waals surface area contributed by atoms with Crippen molar-refractivity contribution in [3.8, 4) is 0 Å². The molecule has 1 aromatic rings. The Bertz CT molecular complexity index is 1290. The van der Waals surface area contributed by atoms with Gasteiger partial charge in [-0.1, -0.05) is 0 Å². The molecule has 0 aromatic carbocycles. The molecule has 12 heteroatoms. The van der Waals surface area contributed by atoms with Gasteiger partial charge in [-0.25, -0.2) is 4.98 Å². The Morgan fingerprint density at radius 2 is 2.05 bits per heavy atom. The monoisotopic (exact) mass is 665 g/mol. The van der Waals surface area contributed by atoms with Gasteiger partial charge in [0.05, 0.1) is 30.9 Å². The minimum atomic E-state index is -0.697. The molecule has 9 nitrogen and oxygen atoms in total. The molecule has 6 aliphatic rings. The van der Waals surface area contributed by atoms with Crippen molar-refractivity contribution >= 4 is 41.1 Å². The average molecular weight is 666 g/mol. The van der Waals surface area contributed by atoms with Crippen molar-refractivity contribution in [3.63, 3.8) is 0 Å². The van der Waals surface area contributed by atoms with E-state index in [2.05, 4.69) is 22.5 Å². The summed E-state index contributed by atoms with van der Waals surface area (Å²) in [6.07, 6.45) is 7.76. The van der Waals surface area contributed by atoms with E-state index in [4.69, 9.17) is 21.3 Å². The smallest absolute Gasteiger partial charge is 0.308 e. The molecule has 7 rings (SSSR count). The minimum absolute atomic E-state index is 0.00539. The number of piperidine rings is 2. The number of nitrogens with zero attached hydrogens (tertiary/aromatic N) is 3. The number of carboxylic acids is 1. The van der Waals surface area contributed by atoms with Crippen molar-refractivity contribution < 1.29 is 14.6 Å². The zero-order valence-electron chi connectivity index (χ0n) is 26.0. The number of aliphatic carboxylic acids is 1. The lowest BCUT2D eigenvalue weighted by molar-refractivity contribution is -0.142. The third-order valence-electron chi connectivity index (χ3n) is 11.5. The van der Waals surface area contributed by atoms with Crippen molar-refractivity contribution in [2.75, 3.05) is 31.3 Å². The van der Waals surface area contributed by atoms with Gasteiger partial charge < -0.3 is 20.5 Å². The molecule has 4 saturated heterocycles. The molecule has 0 radical (unpaired) electrons. The van der Waals surface area contributed by atoms with Gasteiger partial charge in [-0.05, 0) is 77.0 Å². The molecule has 1 aromatic heterocycles. The van der Waals surface area contributed by atoms with E-state index >= 15 is 0 Å². The number of aryl methyl sites for hydroxylation is 2. The summed E-state index contributed by atoms with van der Waals surface area (Å²) in [5.74, 6) is 2.12. The fraction of sp³-hybridized carbons (Fsp3) is 0.844. The van der Waals surface area contributed by atoms with E-state index in [-0.39, 0.29) is 40.3 Å². The normalized spacial score (nSPS) is 40.8. The summed E-state index contributed by atoms with van der Waals surface area (Å²) in [5, 5.41) is 18.2. The second-order valence-corrected chi connectivity index (χ2v) is 17.2. The van der Waals surface area contributed by atoms with E-state index in [9.17, 15) is 14.7 Å². The molecule has 11 unspecified atom stereocenters. The van der Waals surface area contributed by atoms with Crippen molar-refractivity contribution in [2.24, 2.45) is 17.8 Å². The lowest BCUT2D eigenvalue weighted by Crippen LogP contribution is -2.57. The second-order valence-electron chi connectivity index (χ2n) is 14.1. The number of carboxylic acid groups (broad SMARTS) is 1. The Morgan fingerprint density at radius 3 is 2.89 bits per heavy atom. The number of likely N-dealkylation sites (tertiary alicyclic amines) is 1. The van der Waals surface area contributed by atoms with E-state index in [1.165, 1.54) is 6.42 Å². The number of hydrogen-bond donors (Lipinski definition) is 3. The van der Waals surface area contributed by atoms with Gasteiger partial charge in [-0.3, -0.25) is 19.1 Å². The summed E-state index contributed by atoms with van der Waals surface area (Å²) < 4.78 is 8.51. The van der Waals surface area contributed by atoms with Crippen LogP contribution in [-0.4, -0.2) is 103 Å². The zero-order chi connectivity index (χ0) is 30.5. The number of rotatable bonds is 7. The maximum atomic E-state index is 13.9. The van der Waals surface area contributed by atoms with E-state index in [0.717, 1.165) is 81.0 Å². The van der Waals surface area contributed by atoms with Crippen molar-refractivity contribution in [1.82, 2.24) is 25.1 Å². The van der Waals surface area contributed by atoms with Gasteiger partial charge in [0.2, 0.25) is 0 Å². The molecule has 11 atom stereocenters. The van der Waals surface area contributed by atoms with Crippen LogP contribution >= 0.6 is 35.1 Å². The van der Waals surface area contributed by atoms with Crippen LogP contribution in [0.15, 0.2) is 4.79 Å². The van der Waals surface area contributed by atoms with Crippen molar-refractivity contribution in [2.45, 2.75) is 118 Å². The van der Waals surface area contributed by atoms with E-state index in [0.29, 0.717) is 48.1 Å². The number of aromatic nitrogens is 2. The number of alkyl halides is 1. The van der Waals surface area contributed by atoms with Gasteiger partial charge in [0.1, 0.15) is 5.82 Å². The molecule has 1 saturated carbocycles. The molecule has 0 amide bonds. The first-order valence-corrected chi connectivity index (χ1v) is 19.3. The zero-order valence-corrected chi connectivity index (χ0v) is 28.3. The van der Waals surface area contributed by atoms with Gasteiger partial charge >= 0.3 is 5.97 Å². The van der Waals surface area contributed by atoms with E-state index in [1.807, 2.05) is 35.0 Å². The lowest BCUT2D eigenvalue weighted by Gasteiger charge is -2.47. The van der Waals surface area contributed by atoms with Gasteiger partial charge in [-0.15, -0.1) is 23.4 Å².